The molecule has 0 amide bonds. The lowest BCUT2D eigenvalue weighted by atomic mass is 9.92. The van der Waals surface area contributed by atoms with Crippen molar-refractivity contribution >= 4 is 0 Å². The zero-order valence-corrected chi connectivity index (χ0v) is 11.0. The highest BCUT2D eigenvalue weighted by molar-refractivity contribution is 4.89. The van der Waals surface area contributed by atoms with Crippen LogP contribution in [-0.4, -0.2) is 51.7 Å². The van der Waals surface area contributed by atoms with Gasteiger partial charge in [0.25, 0.3) is 0 Å². The van der Waals surface area contributed by atoms with E-state index < -0.39 is 0 Å². The highest BCUT2D eigenvalue weighted by atomic mass is 16.5. The van der Waals surface area contributed by atoms with Crippen molar-refractivity contribution in [3.8, 4) is 0 Å². The fraction of sp³-hybridized carbons (Fsp3) is 1.00. The smallest absolute Gasteiger partial charge is 0.106 e. The van der Waals surface area contributed by atoms with Crippen molar-refractivity contribution in [3.63, 3.8) is 0 Å². The van der Waals surface area contributed by atoms with E-state index in [1.807, 2.05) is 7.11 Å². The largest absolute Gasteiger partial charge is 0.381 e. The molecule has 1 N–H and O–H groups in total. The molecular weight excluding hydrogens is 218 g/mol. The Balaban J connectivity index is 1.71. The summed E-state index contributed by atoms with van der Waals surface area (Å²) in [5, 5.41) is 3.64. The van der Waals surface area contributed by atoms with Gasteiger partial charge in [0.1, 0.15) is 5.60 Å². The first kappa shape index (κ1) is 13.3. The van der Waals surface area contributed by atoms with Crippen LogP contribution in [0.4, 0.5) is 0 Å². The predicted octanol–water partition coefficient (Wildman–Crippen LogP) is 1.34. The van der Waals surface area contributed by atoms with Crippen molar-refractivity contribution < 1.29 is 14.2 Å². The number of ether oxygens (including phenoxy) is 3. The molecule has 1 aliphatic heterocycles. The van der Waals surface area contributed by atoms with Gasteiger partial charge in [0.2, 0.25) is 0 Å². The average Bonchev–Trinajstić information content (AvgIpc) is 2.86. The molecule has 100 valence electrons. The van der Waals surface area contributed by atoms with Gasteiger partial charge in [-0.25, -0.2) is 0 Å². The summed E-state index contributed by atoms with van der Waals surface area (Å²) in [4.78, 5) is 0. The van der Waals surface area contributed by atoms with Gasteiger partial charge in [-0.05, 0) is 25.7 Å². The molecule has 2 rings (SSSR count). The lowest BCUT2D eigenvalue weighted by Crippen LogP contribution is -2.47. The Labute approximate surface area is 104 Å². The lowest BCUT2D eigenvalue weighted by molar-refractivity contribution is -0.0198. The number of hydrogen-bond donors (Lipinski definition) is 1. The van der Waals surface area contributed by atoms with E-state index in [1.54, 1.807) is 7.11 Å². The second kappa shape index (κ2) is 6.14. The summed E-state index contributed by atoms with van der Waals surface area (Å²) >= 11 is 0. The van der Waals surface area contributed by atoms with E-state index in [0.717, 1.165) is 26.2 Å². The number of rotatable bonds is 5. The Morgan fingerprint density at radius 2 is 2.00 bits per heavy atom. The van der Waals surface area contributed by atoms with E-state index in [4.69, 9.17) is 14.2 Å². The molecule has 1 saturated carbocycles. The van der Waals surface area contributed by atoms with Crippen molar-refractivity contribution in [1.82, 2.24) is 5.32 Å². The van der Waals surface area contributed by atoms with Crippen LogP contribution in [0.25, 0.3) is 0 Å². The van der Waals surface area contributed by atoms with Crippen LogP contribution in [0.5, 0.6) is 0 Å². The first-order valence-corrected chi connectivity index (χ1v) is 6.67. The summed E-state index contributed by atoms with van der Waals surface area (Å²) < 4.78 is 16.4. The minimum atomic E-state index is -0.0852. The van der Waals surface area contributed by atoms with Gasteiger partial charge in [0.05, 0.1) is 12.7 Å². The topological polar surface area (TPSA) is 39.7 Å². The molecule has 4 nitrogen and oxygen atoms in total. The Morgan fingerprint density at radius 1 is 1.24 bits per heavy atom. The Hall–Kier alpha value is -0.160. The van der Waals surface area contributed by atoms with Gasteiger partial charge in [-0.1, -0.05) is 0 Å². The van der Waals surface area contributed by atoms with Gasteiger partial charge in [-0.2, -0.15) is 0 Å². The van der Waals surface area contributed by atoms with Crippen LogP contribution in [-0.2, 0) is 14.2 Å². The fourth-order valence-corrected chi connectivity index (χ4v) is 2.79. The van der Waals surface area contributed by atoms with Crippen LogP contribution in [0, 0.1) is 0 Å². The SMILES string of the molecule is COC1CCC(NCC2(OC)CCOC2)CC1. The van der Waals surface area contributed by atoms with Gasteiger partial charge < -0.3 is 19.5 Å². The molecule has 0 aromatic heterocycles. The third kappa shape index (κ3) is 3.41. The van der Waals surface area contributed by atoms with E-state index >= 15 is 0 Å². The third-order valence-electron chi connectivity index (χ3n) is 4.22. The molecule has 2 aliphatic rings. The Bertz CT molecular complexity index is 221. The molecule has 1 aliphatic carbocycles. The maximum absolute atomic E-state index is 5.62. The predicted molar refractivity (Wildman–Crippen MR) is 66.2 cm³/mol. The zero-order valence-electron chi connectivity index (χ0n) is 11.0. The number of nitrogens with one attached hydrogen (secondary N) is 1. The highest BCUT2D eigenvalue weighted by Gasteiger charge is 2.35. The fourth-order valence-electron chi connectivity index (χ4n) is 2.79. The molecule has 0 aromatic carbocycles. The van der Waals surface area contributed by atoms with Crippen molar-refractivity contribution in [3.05, 3.63) is 0 Å². The van der Waals surface area contributed by atoms with Crippen LogP contribution >= 0.6 is 0 Å². The summed E-state index contributed by atoms with van der Waals surface area (Å²) in [6.07, 6.45) is 6.23. The standard InChI is InChI=1S/C13H25NO3/c1-15-12-5-3-11(4-6-12)14-9-13(16-2)7-8-17-10-13/h11-12,14H,3-10H2,1-2H3. The first-order chi connectivity index (χ1) is 8.28. The minimum absolute atomic E-state index is 0.0852. The van der Waals surface area contributed by atoms with Crippen LogP contribution in [0.1, 0.15) is 32.1 Å². The van der Waals surface area contributed by atoms with Crippen molar-refractivity contribution in [1.29, 1.82) is 0 Å². The van der Waals surface area contributed by atoms with Crippen molar-refractivity contribution in [2.45, 2.75) is 49.9 Å². The third-order valence-corrected chi connectivity index (χ3v) is 4.22. The maximum atomic E-state index is 5.62. The lowest BCUT2D eigenvalue weighted by Gasteiger charge is -2.32. The second-order valence-corrected chi connectivity index (χ2v) is 5.28. The summed E-state index contributed by atoms with van der Waals surface area (Å²) in [5.74, 6) is 0. The quantitative estimate of drug-likeness (QED) is 0.791. The molecule has 2 fully saturated rings. The van der Waals surface area contributed by atoms with E-state index in [1.165, 1.54) is 25.7 Å². The monoisotopic (exact) mass is 243 g/mol. The highest BCUT2D eigenvalue weighted by Crippen LogP contribution is 2.24. The molecule has 1 heterocycles. The second-order valence-electron chi connectivity index (χ2n) is 5.28. The molecule has 1 saturated heterocycles. The normalized spacial score (nSPS) is 38.5. The molecular formula is C13H25NO3. The summed E-state index contributed by atoms with van der Waals surface area (Å²) in [5.41, 5.74) is -0.0852. The van der Waals surface area contributed by atoms with Crippen molar-refractivity contribution in [2.24, 2.45) is 0 Å². The van der Waals surface area contributed by atoms with E-state index in [2.05, 4.69) is 5.32 Å². The van der Waals surface area contributed by atoms with Crippen LogP contribution in [0.2, 0.25) is 0 Å². The number of hydrogen-bond acceptors (Lipinski definition) is 4. The molecule has 0 spiro atoms. The molecule has 1 unspecified atom stereocenters. The summed E-state index contributed by atoms with van der Waals surface area (Å²) in [6.45, 7) is 2.46. The van der Waals surface area contributed by atoms with E-state index in [-0.39, 0.29) is 5.60 Å². The Kier molecular flexibility index (Phi) is 4.79. The van der Waals surface area contributed by atoms with Crippen LogP contribution in [0.15, 0.2) is 0 Å². The van der Waals surface area contributed by atoms with Gasteiger partial charge in [0.15, 0.2) is 0 Å². The molecule has 0 aromatic rings. The zero-order chi connectivity index (χ0) is 12.1. The Morgan fingerprint density at radius 3 is 2.53 bits per heavy atom. The first-order valence-electron chi connectivity index (χ1n) is 6.67. The van der Waals surface area contributed by atoms with E-state index in [9.17, 15) is 0 Å². The molecule has 4 heteroatoms. The molecule has 17 heavy (non-hydrogen) atoms. The maximum Gasteiger partial charge on any atom is 0.106 e. The van der Waals surface area contributed by atoms with Gasteiger partial charge in [-0.15, -0.1) is 0 Å². The molecule has 0 radical (unpaired) electrons. The van der Waals surface area contributed by atoms with E-state index in [0.29, 0.717) is 12.1 Å². The number of methoxy groups -OCH3 is 2. The minimum Gasteiger partial charge on any atom is -0.381 e. The average molecular weight is 243 g/mol. The van der Waals surface area contributed by atoms with Crippen molar-refractivity contribution in [2.75, 3.05) is 34.0 Å². The summed E-state index contributed by atoms with van der Waals surface area (Å²) in [6, 6.07) is 0.619. The molecule has 1 atom stereocenters. The van der Waals surface area contributed by atoms with Gasteiger partial charge in [0, 0.05) is 39.8 Å². The van der Waals surface area contributed by atoms with Crippen LogP contribution in [0.3, 0.4) is 0 Å². The van der Waals surface area contributed by atoms with Crippen LogP contribution < -0.4 is 5.32 Å². The van der Waals surface area contributed by atoms with Gasteiger partial charge >= 0.3 is 0 Å². The van der Waals surface area contributed by atoms with Gasteiger partial charge in [-0.3, -0.25) is 0 Å². The molecule has 0 bridgehead atoms. The summed E-state index contributed by atoms with van der Waals surface area (Å²) in [7, 11) is 3.60.